The maximum atomic E-state index is 12.9. The number of pyridine rings is 1. The van der Waals surface area contributed by atoms with Crippen LogP contribution >= 0.6 is 0 Å². The van der Waals surface area contributed by atoms with Gasteiger partial charge in [-0.25, -0.2) is 4.98 Å². The van der Waals surface area contributed by atoms with Gasteiger partial charge in [0.1, 0.15) is 0 Å². The van der Waals surface area contributed by atoms with Gasteiger partial charge in [0.2, 0.25) is 0 Å². The fraction of sp³-hybridized carbons (Fsp3) is 0.0909. The van der Waals surface area contributed by atoms with Crippen LogP contribution in [0.25, 0.3) is 21.8 Å². The third-order valence-electron chi connectivity index (χ3n) is 4.62. The van der Waals surface area contributed by atoms with E-state index in [1.807, 2.05) is 37.3 Å². The van der Waals surface area contributed by atoms with Crippen LogP contribution in [0.2, 0.25) is 0 Å². The van der Waals surface area contributed by atoms with Crippen molar-refractivity contribution >= 4 is 27.6 Å². The van der Waals surface area contributed by atoms with E-state index in [1.165, 1.54) is 12.1 Å². The third kappa shape index (κ3) is 3.05. The maximum absolute atomic E-state index is 12.9. The highest BCUT2D eigenvalue weighted by Gasteiger charge is 2.30. The number of rotatable bonds is 2. The highest BCUT2D eigenvalue weighted by molar-refractivity contribution is 6.16. The molecule has 0 atom stereocenters. The Morgan fingerprint density at radius 1 is 0.926 bits per heavy atom. The van der Waals surface area contributed by atoms with Crippen LogP contribution in [0.3, 0.4) is 0 Å². The molecule has 0 bridgehead atoms. The molecule has 134 valence electrons. The van der Waals surface area contributed by atoms with E-state index >= 15 is 0 Å². The number of hydrogen-bond donors (Lipinski definition) is 0. The van der Waals surface area contributed by atoms with Crippen LogP contribution in [-0.2, 0) is 6.18 Å². The molecular formula is C22H14F3NO. The minimum atomic E-state index is -4.43. The van der Waals surface area contributed by atoms with Crippen molar-refractivity contribution in [2.75, 3.05) is 0 Å². The van der Waals surface area contributed by atoms with Gasteiger partial charge in [-0.15, -0.1) is 0 Å². The van der Waals surface area contributed by atoms with Crippen molar-refractivity contribution in [3.05, 3.63) is 89.0 Å². The molecular weight excluding hydrogens is 351 g/mol. The molecule has 0 saturated carbocycles. The van der Waals surface area contributed by atoms with Crippen molar-refractivity contribution in [3.8, 4) is 0 Å². The summed E-state index contributed by atoms with van der Waals surface area (Å²) in [6, 6.07) is 17.3. The molecule has 0 amide bonds. The Hall–Kier alpha value is -3.21. The van der Waals surface area contributed by atoms with E-state index in [2.05, 4.69) is 4.98 Å². The molecule has 2 nitrogen and oxygen atoms in total. The summed E-state index contributed by atoms with van der Waals surface area (Å²) in [4.78, 5) is 17.5. The molecule has 27 heavy (non-hydrogen) atoms. The third-order valence-corrected chi connectivity index (χ3v) is 4.62. The summed E-state index contributed by atoms with van der Waals surface area (Å²) >= 11 is 0. The number of benzene rings is 3. The average Bonchev–Trinajstić information content (AvgIpc) is 2.65. The number of carbonyl (C=O) groups is 1. The minimum absolute atomic E-state index is 0.196. The molecule has 0 spiro atoms. The molecule has 5 heteroatoms. The Morgan fingerprint density at radius 2 is 1.63 bits per heavy atom. The van der Waals surface area contributed by atoms with Crippen LogP contribution in [-0.4, -0.2) is 10.8 Å². The molecule has 0 radical (unpaired) electrons. The number of fused-ring (bicyclic) bond motifs is 2. The fourth-order valence-electron chi connectivity index (χ4n) is 3.18. The first-order valence-electron chi connectivity index (χ1n) is 8.36. The number of aryl methyl sites for hydroxylation is 1. The smallest absolute Gasteiger partial charge is 0.289 e. The van der Waals surface area contributed by atoms with Gasteiger partial charge in [-0.1, -0.05) is 36.4 Å². The molecule has 0 N–H and O–H groups in total. The molecule has 1 aromatic heterocycles. The number of halogens is 3. The normalized spacial score (nSPS) is 11.9. The van der Waals surface area contributed by atoms with Crippen molar-refractivity contribution < 1.29 is 18.0 Å². The summed E-state index contributed by atoms with van der Waals surface area (Å²) in [5, 5.41) is 1.82. The van der Waals surface area contributed by atoms with Crippen molar-refractivity contribution in [2.24, 2.45) is 0 Å². The van der Waals surface area contributed by atoms with Gasteiger partial charge in [0.15, 0.2) is 5.78 Å². The molecule has 4 rings (SSSR count). The summed E-state index contributed by atoms with van der Waals surface area (Å²) in [5.41, 5.74) is 2.19. The van der Waals surface area contributed by atoms with Crippen molar-refractivity contribution in [3.63, 3.8) is 0 Å². The summed E-state index contributed by atoms with van der Waals surface area (Å²) in [5.74, 6) is -0.353. The molecule has 4 aromatic rings. The molecule has 1 heterocycles. The molecule has 0 fully saturated rings. The molecule has 3 aromatic carbocycles. The van der Waals surface area contributed by atoms with Crippen molar-refractivity contribution in [1.29, 1.82) is 0 Å². The molecule has 0 aliphatic rings. The number of ketones is 1. The number of para-hydroxylation sites is 1. The summed E-state index contributed by atoms with van der Waals surface area (Å²) in [7, 11) is 0. The largest absolute Gasteiger partial charge is 0.416 e. The van der Waals surface area contributed by atoms with E-state index < -0.39 is 11.7 Å². The quantitative estimate of drug-likeness (QED) is 0.325. The van der Waals surface area contributed by atoms with Crippen LogP contribution in [0, 0.1) is 6.92 Å². The Morgan fingerprint density at radius 3 is 2.33 bits per heavy atom. The predicted molar refractivity (Wildman–Crippen MR) is 98.9 cm³/mol. The van der Waals surface area contributed by atoms with E-state index in [0.717, 1.165) is 34.0 Å². The second-order valence-electron chi connectivity index (χ2n) is 6.41. The van der Waals surface area contributed by atoms with Gasteiger partial charge in [0, 0.05) is 21.9 Å². The lowest BCUT2D eigenvalue weighted by Gasteiger charge is -2.10. The Balaban J connectivity index is 1.84. The van der Waals surface area contributed by atoms with Gasteiger partial charge in [0.25, 0.3) is 0 Å². The monoisotopic (exact) mass is 365 g/mol. The van der Waals surface area contributed by atoms with E-state index in [1.54, 1.807) is 12.1 Å². The Bertz CT molecular complexity index is 1180. The van der Waals surface area contributed by atoms with Gasteiger partial charge in [0.05, 0.1) is 16.6 Å². The first-order chi connectivity index (χ1) is 12.8. The lowest BCUT2D eigenvalue weighted by atomic mass is 9.98. The Labute approximate surface area is 153 Å². The number of hydrogen-bond acceptors (Lipinski definition) is 2. The number of carbonyl (C=O) groups excluding carboxylic acids is 1. The zero-order chi connectivity index (χ0) is 19.2. The molecule has 0 aliphatic carbocycles. The van der Waals surface area contributed by atoms with E-state index in [9.17, 15) is 18.0 Å². The van der Waals surface area contributed by atoms with Gasteiger partial charge in [-0.2, -0.15) is 13.2 Å². The first-order valence-corrected chi connectivity index (χ1v) is 8.36. The van der Waals surface area contributed by atoms with Gasteiger partial charge >= 0.3 is 6.18 Å². The topological polar surface area (TPSA) is 30.0 Å². The van der Waals surface area contributed by atoms with Crippen LogP contribution < -0.4 is 0 Å². The average molecular weight is 365 g/mol. The van der Waals surface area contributed by atoms with Crippen molar-refractivity contribution in [2.45, 2.75) is 13.1 Å². The molecule has 0 unspecified atom stereocenters. The second-order valence-corrected chi connectivity index (χ2v) is 6.41. The van der Waals surface area contributed by atoms with E-state index in [4.69, 9.17) is 0 Å². The number of alkyl halides is 3. The van der Waals surface area contributed by atoms with Crippen LogP contribution in [0.15, 0.2) is 66.7 Å². The van der Waals surface area contributed by atoms with Gasteiger partial charge in [-0.3, -0.25) is 4.79 Å². The minimum Gasteiger partial charge on any atom is -0.289 e. The van der Waals surface area contributed by atoms with Crippen molar-refractivity contribution in [1.82, 2.24) is 4.98 Å². The van der Waals surface area contributed by atoms with Gasteiger partial charge in [-0.05, 0) is 42.8 Å². The molecule has 0 aliphatic heterocycles. The highest BCUT2D eigenvalue weighted by Crippen LogP contribution is 2.30. The summed E-state index contributed by atoms with van der Waals surface area (Å²) < 4.78 is 38.2. The Kier molecular flexibility index (Phi) is 3.95. The predicted octanol–water partition coefficient (Wildman–Crippen LogP) is 5.95. The van der Waals surface area contributed by atoms with E-state index in [0.29, 0.717) is 11.1 Å². The first kappa shape index (κ1) is 17.2. The number of nitrogens with zero attached hydrogens (tertiary/aromatic N) is 1. The van der Waals surface area contributed by atoms with Crippen LogP contribution in [0.4, 0.5) is 13.2 Å². The highest BCUT2D eigenvalue weighted by atomic mass is 19.4. The zero-order valence-corrected chi connectivity index (χ0v) is 14.3. The van der Waals surface area contributed by atoms with E-state index in [-0.39, 0.29) is 11.3 Å². The lowest BCUT2D eigenvalue weighted by Crippen LogP contribution is -2.07. The number of aromatic nitrogens is 1. The SMILES string of the molecule is Cc1cccc2nc3c(C(=O)c4ccc(C(F)(F)F)cc4)cccc3cc12. The van der Waals surface area contributed by atoms with Crippen LogP contribution in [0.1, 0.15) is 27.0 Å². The van der Waals surface area contributed by atoms with Gasteiger partial charge < -0.3 is 0 Å². The fourth-order valence-corrected chi connectivity index (χ4v) is 3.18. The lowest BCUT2D eigenvalue weighted by molar-refractivity contribution is -0.137. The summed E-state index contributed by atoms with van der Waals surface area (Å²) in [6.07, 6.45) is -4.43. The maximum Gasteiger partial charge on any atom is 0.416 e. The zero-order valence-electron chi connectivity index (χ0n) is 14.3. The van der Waals surface area contributed by atoms with Crippen LogP contribution in [0.5, 0.6) is 0 Å². The second kappa shape index (κ2) is 6.20. The summed E-state index contributed by atoms with van der Waals surface area (Å²) in [6.45, 7) is 1.99. The molecule has 0 saturated heterocycles. The standard InChI is InChI=1S/C22H14F3NO/c1-13-4-2-7-19-18(13)12-15-5-3-6-17(20(15)26-19)21(27)14-8-10-16(11-9-14)22(23,24)25/h2-12H,1H3.